The van der Waals surface area contributed by atoms with Crippen molar-refractivity contribution in [3.8, 4) is 11.5 Å². The second-order valence-corrected chi connectivity index (χ2v) is 9.92. The third-order valence-electron chi connectivity index (χ3n) is 5.61. The van der Waals surface area contributed by atoms with Gasteiger partial charge in [-0.05, 0) is 68.1 Å². The predicted molar refractivity (Wildman–Crippen MR) is 145 cm³/mol. The molecule has 0 aromatic heterocycles. The van der Waals surface area contributed by atoms with E-state index in [4.69, 9.17) is 14.2 Å². The molecule has 7 nitrogen and oxygen atoms in total. The Bertz CT molecular complexity index is 1100. The minimum atomic E-state index is -0.841. The fourth-order valence-corrected chi connectivity index (χ4v) is 3.75. The van der Waals surface area contributed by atoms with Crippen LogP contribution in [0.4, 0.5) is 4.79 Å². The van der Waals surface area contributed by atoms with Crippen LogP contribution in [0.5, 0.6) is 11.5 Å². The number of aliphatic hydroxyl groups excluding tert-OH is 1. The van der Waals surface area contributed by atoms with Crippen molar-refractivity contribution in [1.82, 2.24) is 10.6 Å². The monoisotopic (exact) mass is 506 g/mol. The van der Waals surface area contributed by atoms with Crippen molar-refractivity contribution in [2.75, 3.05) is 13.7 Å². The van der Waals surface area contributed by atoms with Crippen molar-refractivity contribution in [2.24, 2.45) is 0 Å². The minimum absolute atomic E-state index is 0.288. The lowest BCUT2D eigenvalue weighted by atomic mass is 10.0. The molecule has 3 aromatic rings. The molecule has 0 heterocycles. The van der Waals surface area contributed by atoms with Crippen molar-refractivity contribution >= 4 is 6.09 Å². The molecule has 0 aliphatic heterocycles. The minimum Gasteiger partial charge on any atom is -0.497 e. The summed E-state index contributed by atoms with van der Waals surface area (Å²) in [5, 5.41) is 17.1. The zero-order valence-electron chi connectivity index (χ0n) is 22.1. The van der Waals surface area contributed by atoms with E-state index in [1.54, 1.807) is 7.11 Å². The maximum absolute atomic E-state index is 12.5. The third kappa shape index (κ3) is 10.1. The first-order chi connectivity index (χ1) is 17.7. The van der Waals surface area contributed by atoms with E-state index in [0.29, 0.717) is 19.6 Å². The van der Waals surface area contributed by atoms with E-state index in [1.165, 1.54) is 0 Å². The van der Waals surface area contributed by atoms with Gasteiger partial charge < -0.3 is 30.0 Å². The molecule has 0 spiro atoms. The Morgan fingerprint density at radius 3 is 2.27 bits per heavy atom. The number of carbonyl (C=O) groups excluding carboxylic acids is 1. The Kier molecular flexibility index (Phi) is 10.4. The summed E-state index contributed by atoms with van der Waals surface area (Å²) in [6.07, 6.45) is -0.973. The number of methoxy groups -OCH3 is 1. The van der Waals surface area contributed by atoms with Gasteiger partial charge in [0, 0.05) is 13.1 Å². The lowest BCUT2D eigenvalue weighted by molar-refractivity contribution is 0.0422. The molecule has 3 rings (SSSR count). The van der Waals surface area contributed by atoms with Gasteiger partial charge in [0.1, 0.15) is 23.7 Å². The second-order valence-electron chi connectivity index (χ2n) is 9.92. The lowest BCUT2D eigenvalue weighted by Gasteiger charge is -2.27. The van der Waals surface area contributed by atoms with Crippen LogP contribution in [0.25, 0.3) is 0 Å². The number of aliphatic hydroxyl groups is 1. The summed E-state index contributed by atoms with van der Waals surface area (Å²) in [6.45, 7) is 6.75. The smallest absolute Gasteiger partial charge is 0.407 e. The Balaban J connectivity index is 1.60. The first-order valence-corrected chi connectivity index (χ1v) is 12.5. The van der Waals surface area contributed by atoms with Crippen LogP contribution in [0.1, 0.15) is 37.5 Å². The first-order valence-electron chi connectivity index (χ1n) is 12.5. The number of hydrogen-bond acceptors (Lipinski definition) is 6. The van der Waals surface area contributed by atoms with Gasteiger partial charge in [0.25, 0.3) is 0 Å². The highest BCUT2D eigenvalue weighted by molar-refractivity contribution is 5.68. The van der Waals surface area contributed by atoms with Crippen LogP contribution in [0.3, 0.4) is 0 Å². The zero-order chi connectivity index (χ0) is 26.7. The molecule has 1 amide bonds. The molecule has 7 heteroatoms. The quantitative estimate of drug-likeness (QED) is 0.325. The van der Waals surface area contributed by atoms with Crippen molar-refractivity contribution in [1.29, 1.82) is 0 Å². The Hall–Kier alpha value is -3.55. The molecule has 2 atom stereocenters. The number of ether oxygens (including phenoxy) is 3. The molecule has 0 radical (unpaired) electrons. The molecule has 0 aliphatic rings. The summed E-state index contributed by atoms with van der Waals surface area (Å²) < 4.78 is 16.6. The number of rotatable bonds is 12. The van der Waals surface area contributed by atoms with Crippen molar-refractivity contribution in [2.45, 2.75) is 58.1 Å². The Morgan fingerprint density at radius 2 is 1.59 bits per heavy atom. The van der Waals surface area contributed by atoms with E-state index in [2.05, 4.69) is 10.6 Å². The summed E-state index contributed by atoms with van der Waals surface area (Å²) in [5.74, 6) is 1.53. The molecule has 0 unspecified atom stereocenters. The standard InChI is InChI=1S/C30H38N2O5/c1-30(2,3)37-29(34)32-27(28(33)20-31-19-24-11-8-12-26(17-24)35-4)18-22-13-15-25(16-14-22)36-21-23-9-6-5-7-10-23/h5-17,27-28,31,33H,18-21H2,1-4H3,(H,32,34)/t27-,28+/m0/s1. The number of carbonyl (C=O) groups is 1. The number of benzene rings is 3. The largest absolute Gasteiger partial charge is 0.497 e. The van der Waals surface area contributed by atoms with E-state index in [-0.39, 0.29) is 6.54 Å². The molecule has 3 aromatic carbocycles. The van der Waals surface area contributed by atoms with E-state index in [1.807, 2.05) is 99.6 Å². The van der Waals surface area contributed by atoms with Crippen molar-refractivity contribution in [3.63, 3.8) is 0 Å². The Morgan fingerprint density at radius 1 is 0.892 bits per heavy atom. The van der Waals surface area contributed by atoms with E-state index < -0.39 is 23.8 Å². The van der Waals surface area contributed by atoms with Crippen LogP contribution in [0.2, 0.25) is 0 Å². The number of amides is 1. The zero-order valence-corrected chi connectivity index (χ0v) is 22.1. The molecule has 198 valence electrons. The van der Waals surface area contributed by atoms with Crippen LogP contribution in [0, 0.1) is 0 Å². The van der Waals surface area contributed by atoms with E-state index in [0.717, 1.165) is 28.2 Å². The van der Waals surface area contributed by atoms with Gasteiger partial charge in [0.15, 0.2) is 0 Å². The average molecular weight is 507 g/mol. The van der Waals surface area contributed by atoms with Crippen LogP contribution in [0.15, 0.2) is 78.9 Å². The average Bonchev–Trinajstić information content (AvgIpc) is 2.87. The molecule has 0 fully saturated rings. The van der Waals surface area contributed by atoms with Gasteiger partial charge in [-0.1, -0.05) is 54.6 Å². The fourth-order valence-electron chi connectivity index (χ4n) is 3.75. The maximum atomic E-state index is 12.5. The third-order valence-corrected chi connectivity index (χ3v) is 5.61. The predicted octanol–water partition coefficient (Wildman–Crippen LogP) is 4.86. The molecule has 37 heavy (non-hydrogen) atoms. The number of alkyl carbamates (subject to hydrolysis) is 1. The van der Waals surface area contributed by atoms with E-state index >= 15 is 0 Å². The number of nitrogens with one attached hydrogen (secondary N) is 2. The summed E-state index contributed by atoms with van der Waals surface area (Å²) in [4.78, 5) is 12.5. The van der Waals surface area contributed by atoms with Gasteiger partial charge in [-0.3, -0.25) is 0 Å². The van der Waals surface area contributed by atoms with Crippen LogP contribution < -0.4 is 20.1 Å². The summed E-state index contributed by atoms with van der Waals surface area (Å²) in [7, 11) is 1.63. The van der Waals surface area contributed by atoms with Gasteiger partial charge in [-0.25, -0.2) is 4.79 Å². The normalized spacial score (nSPS) is 12.9. The maximum Gasteiger partial charge on any atom is 0.407 e. The highest BCUT2D eigenvalue weighted by Gasteiger charge is 2.25. The van der Waals surface area contributed by atoms with Gasteiger partial charge in [0.05, 0.1) is 19.3 Å². The summed E-state index contributed by atoms with van der Waals surface area (Å²) >= 11 is 0. The van der Waals surface area contributed by atoms with Gasteiger partial charge >= 0.3 is 6.09 Å². The van der Waals surface area contributed by atoms with E-state index in [9.17, 15) is 9.90 Å². The van der Waals surface area contributed by atoms with Gasteiger partial charge in [-0.2, -0.15) is 0 Å². The SMILES string of the molecule is COc1cccc(CNC[C@@H](O)[C@H](Cc2ccc(OCc3ccccc3)cc2)NC(=O)OC(C)(C)C)c1. The molecular formula is C30H38N2O5. The van der Waals surface area contributed by atoms with Crippen LogP contribution in [-0.4, -0.2) is 42.6 Å². The molecular weight excluding hydrogens is 468 g/mol. The van der Waals surface area contributed by atoms with Gasteiger partial charge in [-0.15, -0.1) is 0 Å². The highest BCUT2D eigenvalue weighted by Crippen LogP contribution is 2.17. The first kappa shape index (κ1) is 28.0. The Labute approximate surface area is 219 Å². The number of hydrogen-bond donors (Lipinski definition) is 3. The van der Waals surface area contributed by atoms with Crippen LogP contribution >= 0.6 is 0 Å². The van der Waals surface area contributed by atoms with Crippen molar-refractivity contribution in [3.05, 3.63) is 95.6 Å². The molecule has 0 saturated carbocycles. The van der Waals surface area contributed by atoms with Crippen molar-refractivity contribution < 1.29 is 24.1 Å². The molecule has 0 bridgehead atoms. The molecule has 0 saturated heterocycles. The summed E-state index contributed by atoms with van der Waals surface area (Å²) in [6, 6.07) is 24.9. The second kappa shape index (κ2) is 13.7. The highest BCUT2D eigenvalue weighted by atomic mass is 16.6. The van der Waals surface area contributed by atoms with Gasteiger partial charge in [0.2, 0.25) is 0 Å². The fraction of sp³-hybridized carbons (Fsp3) is 0.367. The molecule has 3 N–H and O–H groups in total. The van der Waals surface area contributed by atoms with Crippen LogP contribution in [-0.2, 0) is 24.3 Å². The summed E-state index contributed by atoms with van der Waals surface area (Å²) in [5.41, 5.74) is 2.45. The molecule has 0 aliphatic carbocycles. The lowest BCUT2D eigenvalue weighted by Crippen LogP contribution is -2.49. The topological polar surface area (TPSA) is 89.0 Å².